The molecule has 0 bridgehead atoms. The van der Waals surface area contributed by atoms with Gasteiger partial charge in [0.25, 0.3) is 0 Å². The van der Waals surface area contributed by atoms with Crippen molar-refractivity contribution in [2.45, 2.75) is 39.3 Å². The van der Waals surface area contributed by atoms with Gasteiger partial charge < -0.3 is 4.74 Å². The van der Waals surface area contributed by atoms with Crippen molar-refractivity contribution >= 4 is 17.8 Å². The van der Waals surface area contributed by atoms with Crippen molar-refractivity contribution in [2.24, 2.45) is 5.92 Å². The number of esters is 1. The van der Waals surface area contributed by atoms with Crippen molar-refractivity contribution in [1.29, 1.82) is 0 Å². The molecule has 0 saturated carbocycles. The van der Waals surface area contributed by atoms with Crippen molar-refractivity contribution in [1.82, 2.24) is 10.2 Å². The van der Waals surface area contributed by atoms with Crippen LogP contribution in [0.5, 0.6) is 0 Å². The molecule has 3 unspecified atom stereocenters. The SMILES string of the molecule is CCC1C(=O)NC(=O)CN1C(C)C(C)C(=O)OC. The fourth-order valence-electron chi connectivity index (χ4n) is 2.20. The molecule has 0 aromatic rings. The van der Waals surface area contributed by atoms with E-state index in [0.717, 1.165) is 0 Å². The molecule has 1 rings (SSSR count). The van der Waals surface area contributed by atoms with Gasteiger partial charge in [0.05, 0.1) is 25.6 Å². The minimum Gasteiger partial charge on any atom is -0.469 e. The van der Waals surface area contributed by atoms with Gasteiger partial charge in [-0.1, -0.05) is 13.8 Å². The lowest BCUT2D eigenvalue weighted by molar-refractivity contribution is -0.151. The second kappa shape index (κ2) is 5.95. The summed E-state index contributed by atoms with van der Waals surface area (Å²) in [5.74, 6) is -1.34. The molecule has 6 nitrogen and oxygen atoms in total. The molecule has 0 aliphatic carbocycles. The van der Waals surface area contributed by atoms with Gasteiger partial charge in [0.1, 0.15) is 0 Å². The second-order valence-corrected chi connectivity index (χ2v) is 4.56. The summed E-state index contributed by atoms with van der Waals surface area (Å²) in [6.45, 7) is 5.58. The van der Waals surface area contributed by atoms with Gasteiger partial charge >= 0.3 is 5.97 Å². The number of carbonyl (C=O) groups excluding carboxylic acids is 3. The van der Waals surface area contributed by atoms with Gasteiger partial charge in [0, 0.05) is 6.04 Å². The molecular weight excluding hydrogens is 236 g/mol. The molecule has 1 fully saturated rings. The lowest BCUT2D eigenvalue weighted by Gasteiger charge is -2.39. The van der Waals surface area contributed by atoms with Crippen LogP contribution in [-0.2, 0) is 19.1 Å². The summed E-state index contributed by atoms with van der Waals surface area (Å²) in [5.41, 5.74) is 0. The van der Waals surface area contributed by atoms with Crippen LogP contribution < -0.4 is 5.32 Å². The van der Waals surface area contributed by atoms with Gasteiger partial charge in [0.15, 0.2) is 0 Å². The molecule has 1 aliphatic heterocycles. The number of methoxy groups -OCH3 is 1. The van der Waals surface area contributed by atoms with Crippen molar-refractivity contribution in [3.05, 3.63) is 0 Å². The highest BCUT2D eigenvalue weighted by Crippen LogP contribution is 2.19. The van der Waals surface area contributed by atoms with Crippen molar-refractivity contribution in [3.63, 3.8) is 0 Å². The zero-order valence-corrected chi connectivity index (χ0v) is 11.2. The zero-order chi connectivity index (χ0) is 13.9. The van der Waals surface area contributed by atoms with E-state index in [1.807, 2.05) is 13.8 Å². The van der Waals surface area contributed by atoms with E-state index in [-0.39, 0.29) is 42.3 Å². The number of nitrogens with zero attached hydrogens (tertiary/aromatic N) is 1. The van der Waals surface area contributed by atoms with E-state index in [1.165, 1.54) is 7.11 Å². The molecular formula is C12H20N2O4. The molecule has 1 N–H and O–H groups in total. The Kier molecular flexibility index (Phi) is 4.84. The van der Waals surface area contributed by atoms with E-state index in [2.05, 4.69) is 5.32 Å². The highest BCUT2D eigenvalue weighted by atomic mass is 16.5. The van der Waals surface area contributed by atoms with Crippen molar-refractivity contribution in [2.75, 3.05) is 13.7 Å². The lowest BCUT2D eigenvalue weighted by atomic mass is 9.98. The van der Waals surface area contributed by atoms with E-state index >= 15 is 0 Å². The number of imide groups is 1. The molecule has 1 saturated heterocycles. The minimum atomic E-state index is -0.386. The van der Waals surface area contributed by atoms with Gasteiger partial charge in [0.2, 0.25) is 11.8 Å². The lowest BCUT2D eigenvalue weighted by Crippen LogP contribution is -2.61. The Morgan fingerprint density at radius 2 is 2.11 bits per heavy atom. The molecule has 0 radical (unpaired) electrons. The maximum absolute atomic E-state index is 11.7. The van der Waals surface area contributed by atoms with Crippen LogP contribution >= 0.6 is 0 Å². The third kappa shape index (κ3) is 2.87. The Hall–Kier alpha value is -1.43. The van der Waals surface area contributed by atoms with Gasteiger partial charge in [-0.3, -0.25) is 24.6 Å². The van der Waals surface area contributed by atoms with Crippen LogP contribution in [0.3, 0.4) is 0 Å². The standard InChI is InChI=1S/C12H20N2O4/c1-5-9-11(16)13-10(15)6-14(9)8(3)7(2)12(17)18-4/h7-9H,5-6H2,1-4H3,(H,13,15,16). The molecule has 2 amide bonds. The topological polar surface area (TPSA) is 75.7 Å². The van der Waals surface area contributed by atoms with Crippen molar-refractivity contribution in [3.8, 4) is 0 Å². The second-order valence-electron chi connectivity index (χ2n) is 4.56. The largest absolute Gasteiger partial charge is 0.469 e. The summed E-state index contributed by atoms with van der Waals surface area (Å²) < 4.78 is 4.70. The predicted molar refractivity (Wildman–Crippen MR) is 64.6 cm³/mol. The first-order valence-corrected chi connectivity index (χ1v) is 6.09. The maximum Gasteiger partial charge on any atom is 0.309 e. The first-order valence-electron chi connectivity index (χ1n) is 6.09. The molecule has 18 heavy (non-hydrogen) atoms. The minimum absolute atomic E-state index is 0.132. The summed E-state index contributed by atoms with van der Waals surface area (Å²) in [6.07, 6.45) is 0.595. The van der Waals surface area contributed by atoms with E-state index in [0.29, 0.717) is 6.42 Å². The quantitative estimate of drug-likeness (QED) is 0.562. The van der Waals surface area contributed by atoms with Gasteiger partial charge in [-0.25, -0.2) is 0 Å². The highest BCUT2D eigenvalue weighted by molar-refractivity contribution is 6.01. The first kappa shape index (κ1) is 14.6. The van der Waals surface area contributed by atoms with E-state index in [9.17, 15) is 14.4 Å². The highest BCUT2D eigenvalue weighted by Gasteiger charge is 2.38. The molecule has 1 aliphatic rings. The van der Waals surface area contributed by atoms with Gasteiger partial charge in [-0.05, 0) is 13.3 Å². The number of ether oxygens (including phenoxy) is 1. The molecule has 0 spiro atoms. The van der Waals surface area contributed by atoms with Gasteiger partial charge in [-0.15, -0.1) is 0 Å². The number of rotatable bonds is 4. The van der Waals surface area contributed by atoms with E-state index in [4.69, 9.17) is 4.74 Å². The van der Waals surface area contributed by atoms with E-state index < -0.39 is 0 Å². The zero-order valence-electron chi connectivity index (χ0n) is 11.2. The summed E-state index contributed by atoms with van der Waals surface area (Å²) in [7, 11) is 1.33. The molecule has 6 heteroatoms. The third-order valence-corrected chi connectivity index (χ3v) is 3.50. The number of carbonyl (C=O) groups is 3. The molecule has 0 aromatic heterocycles. The van der Waals surface area contributed by atoms with Crippen molar-refractivity contribution < 1.29 is 19.1 Å². The number of hydrogen-bond acceptors (Lipinski definition) is 5. The summed E-state index contributed by atoms with van der Waals surface area (Å²) >= 11 is 0. The normalized spacial score (nSPS) is 24.3. The Bertz CT molecular complexity index is 356. The number of hydrogen-bond donors (Lipinski definition) is 1. The molecule has 1 heterocycles. The maximum atomic E-state index is 11.7. The first-order chi connectivity index (χ1) is 8.42. The van der Waals surface area contributed by atoms with E-state index in [1.54, 1.807) is 11.8 Å². The Morgan fingerprint density at radius 3 is 2.61 bits per heavy atom. The Labute approximate surface area is 107 Å². The van der Waals surface area contributed by atoms with Gasteiger partial charge in [-0.2, -0.15) is 0 Å². The molecule has 3 atom stereocenters. The van der Waals surface area contributed by atoms with Crippen LogP contribution in [0.1, 0.15) is 27.2 Å². The van der Waals surface area contributed by atoms with Crippen LogP contribution in [0, 0.1) is 5.92 Å². The Balaban J connectivity index is 2.86. The summed E-state index contributed by atoms with van der Waals surface area (Å²) in [4.78, 5) is 36.4. The summed E-state index contributed by atoms with van der Waals surface area (Å²) in [6, 6.07) is -0.595. The third-order valence-electron chi connectivity index (χ3n) is 3.50. The van der Waals surface area contributed by atoms with Crippen LogP contribution in [0.2, 0.25) is 0 Å². The van der Waals surface area contributed by atoms with Crippen LogP contribution in [-0.4, -0.2) is 48.4 Å². The molecule has 102 valence electrons. The average molecular weight is 256 g/mol. The molecule has 0 aromatic carbocycles. The average Bonchev–Trinajstić information content (AvgIpc) is 2.35. The number of amides is 2. The predicted octanol–water partition coefficient (Wildman–Crippen LogP) is -0.0790. The smallest absolute Gasteiger partial charge is 0.309 e. The number of nitrogens with one attached hydrogen (secondary N) is 1. The Morgan fingerprint density at radius 1 is 1.50 bits per heavy atom. The van der Waals surface area contributed by atoms with Crippen LogP contribution in [0.15, 0.2) is 0 Å². The van der Waals surface area contributed by atoms with Crippen LogP contribution in [0.25, 0.3) is 0 Å². The van der Waals surface area contributed by atoms with Crippen LogP contribution in [0.4, 0.5) is 0 Å². The monoisotopic (exact) mass is 256 g/mol. The number of piperazine rings is 1. The summed E-state index contributed by atoms with van der Waals surface area (Å²) in [5, 5.41) is 2.31. The fraction of sp³-hybridized carbons (Fsp3) is 0.750. The fourth-order valence-corrected chi connectivity index (χ4v) is 2.20.